The molecular weight excluding hydrogens is 384 g/mol. The minimum absolute atomic E-state index is 0.192. The van der Waals surface area contributed by atoms with E-state index in [9.17, 15) is 9.59 Å². The number of hydrogen-bond donors (Lipinski definition) is 1. The Morgan fingerprint density at radius 3 is 2.74 bits per heavy atom. The number of carbonyl (C=O) groups is 2. The van der Waals surface area contributed by atoms with Crippen LogP contribution in [-0.2, 0) is 9.53 Å². The molecule has 0 radical (unpaired) electrons. The van der Waals surface area contributed by atoms with E-state index in [0.29, 0.717) is 18.0 Å². The number of thiazole rings is 1. The predicted octanol–water partition coefficient (Wildman–Crippen LogP) is 4.45. The summed E-state index contributed by atoms with van der Waals surface area (Å²) in [6.45, 7) is 3.86. The van der Waals surface area contributed by atoms with E-state index >= 15 is 0 Å². The smallest absolute Gasteiger partial charge is 0.358 e. The molecule has 27 heavy (non-hydrogen) atoms. The molecule has 140 valence electrons. The number of esters is 1. The highest BCUT2D eigenvalue weighted by molar-refractivity contribution is 7.20. The summed E-state index contributed by atoms with van der Waals surface area (Å²) >= 11 is 2.91. The van der Waals surface area contributed by atoms with Crippen molar-refractivity contribution >= 4 is 40.2 Å². The second kappa shape index (κ2) is 8.79. The van der Waals surface area contributed by atoms with E-state index in [0.717, 1.165) is 9.88 Å². The Labute approximate surface area is 164 Å². The van der Waals surface area contributed by atoms with E-state index in [2.05, 4.69) is 10.3 Å². The summed E-state index contributed by atoms with van der Waals surface area (Å²) in [5.41, 5.74) is 0.721. The largest absolute Gasteiger partial charge is 0.492 e. The lowest BCUT2D eigenvalue weighted by Gasteiger charge is -2.15. The van der Waals surface area contributed by atoms with Gasteiger partial charge in [0.1, 0.15) is 10.8 Å². The SMILES string of the molecule is CCOc1ccccc1NC(=O)C(C)OC(=O)c1csc(-c2cccs2)n1. The van der Waals surface area contributed by atoms with Crippen molar-refractivity contribution in [1.29, 1.82) is 0 Å². The summed E-state index contributed by atoms with van der Waals surface area (Å²) in [6, 6.07) is 11.0. The van der Waals surface area contributed by atoms with Gasteiger partial charge in [0.25, 0.3) is 5.91 Å². The summed E-state index contributed by atoms with van der Waals surface area (Å²) in [5.74, 6) is -0.508. The minimum Gasteiger partial charge on any atom is -0.492 e. The molecule has 2 aromatic heterocycles. The molecule has 0 aliphatic carbocycles. The van der Waals surface area contributed by atoms with Gasteiger partial charge >= 0.3 is 5.97 Å². The Bertz CT molecular complexity index is 921. The van der Waals surface area contributed by atoms with Gasteiger partial charge in [-0.1, -0.05) is 18.2 Å². The second-order valence-corrected chi connectivity index (χ2v) is 7.29. The Balaban J connectivity index is 1.62. The molecule has 2 heterocycles. The summed E-state index contributed by atoms with van der Waals surface area (Å²) in [4.78, 5) is 29.9. The Hall–Kier alpha value is -2.71. The van der Waals surface area contributed by atoms with E-state index < -0.39 is 18.0 Å². The van der Waals surface area contributed by atoms with Gasteiger partial charge in [0.2, 0.25) is 0 Å². The molecule has 0 bridgehead atoms. The molecule has 1 atom stereocenters. The standard InChI is InChI=1S/C19H18N2O4S2/c1-3-24-15-8-5-4-7-13(15)20-17(22)12(2)25-19(23)14-11-27-18(21-14)16-9-6-10-26-16/h4-12H,3H2,1-2H3,(H,20,22). The van der Waals surface area contributed by atoms with Crippen LogP contribution in [0.15, 0.2) is 47.2 Å². The summed E-state index contributed by atoms with van der Waals surface area (Å²) < 4.78 is 10.7. The number of nitrogens with one attached hydrogen (secondary N) is 1. The average molecular weight is 402 g/mol. The topological polar surface area (TPSA) is 77.5 Å². The fraction of sp³-hybridized carbons (Fsp3) is 0.211. The van der Waals surface area contributed by atoms with E-state index in [4.69, 9.17) is 9.47 Å². The van der Waals surface area contributed by atoms with E-state index in [1.54, 1.807) is 34.9 Å². The van der Waals surface area contributed by atoms with Crippen LogP contribution in [0.25, 0.3) is 9.88 Å². The van der Waals surface area contributed by atoms with Crippen molar-refractivity contribution in [2.45, 2.75) is 20.0 Å². The maximum Gasteiger partial charge on any atom is 0.358 e. The normalized spacial score (nSPS) is 11.6. The molecule has 1 amide bonds. The highest BCUT2D eigenvalue weighted by Crippen LogP contribution is 2.28. The summed E-state index contributed by atoms with van der Waals surface area (Å²) in [6.07, 6.45) is -0.973. The van der Waals surface area contributed by atoms with E-state index in [1.807, 2.05) is 30.5 Å². The fourth-order valence-corrected chi connectivity index (χ4v) is 3.84. The maximum atomic E-state index is 12.4. The molecule has 1 N–H and O–H groups in total. The first-order valence-corrected chi connectivity index (χ1v) is 10.1. The molecule has 0 aliphatic rings. The molecule has 0 spiro atoms. The Morgan fingerprint density at radius 2 is 2.00 bits per heavy atom. The van der Waals surface area contributed by atoms with Crippen LogP contribution in [0.1, 0.15) is 24.3 Å². The number of thiophene rings is 1. The van der Waals surface area contributed by atoms with Gasteiger partial charge in [0, 0.05) is 5.38 Å². The number of nitrogens with zero attached hydrogens (tertiary/aromatic N) is 1. The lowest BCUT2D eigenvalue weighted by atomic mass is 10.2. The first-order chi connectivity index (χ1) is 13.1. The summed E-state index contributed by atoms with van der Waals surface area (Å²) in [7, 11) is 0. The van der Waals surface area contributed by atoms with Crippen molar-refractivity contribution in [1.82, 2.24) is 4.98 Å². The second-order valence-electron chi connectivity index (χ2n) is 5.48. The average Bonchev–Trinajstić information content (AvgIpc) is 3.35. The van der Waals surface area contributed by atoms with Crippen LogP contribution in [0.3, 0.4) is 0 Å². The molecule has 3 rings (SSSR count). The number of aromatic nitrogens is 1. The number of hydrogen-bond acceptors (Lipinski definition) is 7. The van der Waals surface area contributed by atoms with Crippen LogP contribution < -0.4 is 10.1 Å². The molecule has 3 aromatic rings. The summed E-state index contributed by atoms with van der Waals surface area (Å²) in [5, 5.41) is 7.05. The van der Waals surface area contributed by atoms with Gasteiger partial charge in [-0.25, -0.2) is 9.78 Å². The predicted molar refractivity (Wildman–Crippen MR) is 107 cm³/mol. The zero-order chi connectivity index (χ0) is 19.2. The van der Waals surface area contributed by atoms with Crippen molar-refractivity contribution in [3.8, 4) is 15.6 Å². The first kappa shape index (κ1) is 19.1. The minimum atomic E-state index is -0.973. The third-order valence-electron chi connectivity index (χ3n) is 3.54. The lowest BCUT2D eigenvalue weighted by molar-refractivity contribution is -0.123. The van der Waals surface area contributed by atoms with Crippen molar-refractivity contribution in [2.24, 2.45) is 0 Å². The van der Waals surface area contributed by atoms with Gasteiger partial charge in [0.05, 0.1) is 17.2 Å². The number of amides is 1. The number of para-hydroxylation sites is 2. The van der Waals surface area contributed by atoms with Crippen LogP contribution in [0.4, 0.5) is 5.69 Å². The lowest BCUT2D eigenvalue weighted by Crippen LogP contribution is -2.30. The molecule has 0 aliphatic heterocycles. The third-order valence-corrected chi connectivity index (χ3v) is 5.42. The molecule has 1 unspecified atom stereocenters. The van der Waals surface area contributed by atoms with Crippen LogP contribution in [-0.4, -0.2) is 29.6 Å². The van der Waals surface area contributed by atoms with Gasteiger partial charge in [-0.2, -0.15) is 0 Å². The molecule has 6 nitrogen and oxygen atoms in total. The quantitative estimate of drug-likeness (QED) is 0.591. The van der Waals surface area contributed by atoms with Gasteiger partial charge in [-0.05, 0) is 37.4 Å². The van der Waals surface area contributed by atoms with Crippen LogP contribution in [0, 0.1) is 0 Å². The highest BCUT2D eigenvalue weighted by atomic mass is 32.1. The van der Waals surface area contributed by atoms with Crippen molar-refractivity contribution in [3.05, 3.63) is 52.9 Å². The number of anilines is 1. The number of carbonyl (C=O) groups excluding carboxylic acids is 2. The zero-order valence-electron chi connectivity index (χ0n) is 14.8. The van der Waals surface area contributed by atoms with E-state index in [-0.39, 0.29) is 5.69 Å². The van der Waals surface area contributed by atoms with Crippen molar-refractivity contribution in [3.63, 3.8) is 0 Å². The van der Waals surface area contributed by atoms with Gasteiger partial charge in [0.15, 0.2) is 11.8 Å². The third kappa shape index (κ3) is 4.72. The van der Waals surface area contributed by atoms with Gasteiger partial charge < -0.3 is 14.8 Å². The molecule has 0 saturated heterocycles. The zero-order valence-corrected chi connectivity index (χ0v) is 16.4. The Kier molecular flexibility index (Phi) is 6.20. The monoisotopic (exact) mass is 402 g/mol. The van der Waals surface area contributed by atoms with Crippen LogP contribution in [0.2, 0.25) is 0 Å². The highest BCUT2D eigenvalue weighted by Gasteiger charge is 2.22. The molecule has 1 aromatic carbocycles. The first-order valence-electron chi connectivity index (χ1n) is 8.31. The van der Waals surface area contributed by atoms with Gasteiger partial charge in [-0.3, -0.25) is 4.79 Å². The van der Waals surface area contributed by atoms with Crippen LogP contribution in [0.5, 0.6) is 5.75 Å². The van der Waals surface area contributed by atoms with E-state index in [1.165, 1.54) is 18.3 Å². The van der Waals surface area contributed by atoms with Gasteiger partial charge in [-0.15, -0.1) is 22.7 Å². The molecule has 0 fully saturated rings. The maximum absolute atomic E-state index is 12.4. The molecular formula is C19H18N2O4S2. The van der Waals surface area contributed by atoms with Crippen molar-refractivity contribution < 1.29 is 19.1 Å². The number of benzene rings is 1. The van der Waals surface area contributed by atoms with Crippen LogP contribution >= 0.6 is 22.7 Å². The van der Waals surface area contributed by atoms with Crippen molar-refractivity contribution in [2.75, 3.05) is 11.9 Å². The fourth-order valence-electron chi connectivity index (χ4n) is 2.24. The Morgan fingerprint density at radius 1 is 1.19 bits per heavy atom. The number of rotatable bonds is 7. The molecule has 0 saturated carbocycles. The molecule has 8 heteroatoms. The number of ether oxygens (including phenoxy) is 2.